The standard InChI is InChI=1S/C19H24N4O2/c1-13-4-6-16(7-5-13)18-20-15(3)14(2)19(21-18)23-10-8-22(9-11-23)12-17(24)25/h4-7H,8-12H2,1-3H3,(H,24,25). The Morgan fingerprint density at radius 2 is 1.68 bits per heavy atom. The van der Waals surface area contributed by atoms with Crippen LogP contribution in [0.3, 0.4) is 0 Å². The van der Waals surface area contributed by atoms with Crippen molar-refractivity contribution in [3.63, 3.8) is 0 Å². The number of carboxylic acid groups (broad SMARTS) is 1. The van der Waals surface area contributed by atoms with Gasteiger partial charge in [0.25, 0.3) is 0 Å². The summed E-state index contributed by atoms with van der Waals surface area (Å²) in [5.41, 5.74) is 4.29. The summed E-state index contributed by atoms with van der Waals surface area (Å²) >= 11 is 0. The van der Waals surface area contributed by atoms with Crippen molar-refractivity contribution >= 4 is 11.8 Å². The van der Waals surface area contributed by atoms with Gasteiger partial charge in [-0.25, -0.2) is 9.97 Å². The third-order valence-corrected chi connectivity index (χ3v) is 4.70. The van der Waals surface area contributed by atoms with E-state index in [4.69, 9.17) is 10.1 Å². The lowest BCUT2D eigenvalue weighted by molar-refractivity contribution is -0.138. The fourth-order valence-electron chi connectivity index (χ4n) is 3.06. The minimum absolute atomic E-state index is 0.101. The van der Waals surface area contributed by atoms with Crippen molar-refractivity contribution in [1.29, 1.82) is 0 Å². The first-order chi connectivity index (χ1) is 11.9. The van der Waals surface area contributed by atoms with Gasteiger partial charge >= 0.3 is 5.97 Å². The maximum atomic E-state index is 10.9. The van der Waals surface area contributed by atoms with Gasteiger partial charge in [-0.2, -0.15) is 0 Å². The van der Waals surface area contributed by atoms with Gasteiger partial charge in [-0.1, -0.05) is 29.8 Å². The first-order valence-corrected chi connectivity index (χ1v) is 8.55. The average Bonchev–Trinajstić information content (AvgIpc) is 2.58. The van der Waals surface area contributed by atoms with Crippen LogP contribution in [0.25, 0.3) is 11.4 Å². The number of anilines is 1. The molecule has 2 heterocycles. The molecule has 0 atom stereocenters. The largest absolute Gasteiger partial charge is 0.480 e. The lowest BCUT2D eigenvalue weighted by atomic mass is 10.1. The molecule has 6 nitrogen and oxygen atoms in total. The number of aliphatic carboxylic acids is 1. The van der Waals surface area contributed by atoms with Gasteiger partial charge in [0, 0.05) is 43.0 Å². The third-order valence-electron chi connectivity index (χ3n) is 4.70. The number of aryl methyl sites for hydroxylation is 2. The fraction of sp³-hybridized carbons (Fsp3) is 0.421. The third kappa shape index (κ3) is 3.96. The molecular weight excluding hydrogens is 316 g/mol. The lowest BCUT2D eigenvalue weighted by Gasteiger charge is -2.35. The van der Waals surface area contributed by atoms with Crippen molar-refractivity contribution in [2.45, 2.75) is 20.8 Å². The Labute approximate surface area is 148 Å². The zero-order valence-corrected chi connectivity index (χ0v) is 15.0. The molecule has 132 valence electrons. The van der Waals surface area contributed by atoms with Crippen LogP contribution in [0.4, 0.5) is 5.82 Å². The molecule has 0 aliphatic carbocycles. The molecular formula is C19H24N4O2. The number of carbonyl (C=O) groups is 1. The number of hydrogen-bond acceptors (Lipinski definition) is 5. The van der Waals surface area contributed by atoms with Crippen LogP contribution in [0.1, 0.15) is 16.8 Å². The number of benzene rings is 1. The highest BCUT2D eigenvalue weighted by Crippen LogP contribution is 2.25. The normalized spacial score (nSPS) is 15.4. The quantitative estimate of drug-likeness (QED) is 0.921. The molecule has 1 aromatic carbocycles. The summed E-state index contributed by atoms with van der Waals surface area (Å²) in [6, 6.07) is 8.23. The molecule has 1 aliphatic rings. The van der Waals surface area contributed by atoms with Crippen LogP contribution in [0.15, 0.2) is 24.3 Å². The molecule has 1 saturated heterocycles. The van der Waals surface area contributed by atoms with Crippen LogP contribution in [-0.4, -0.2) is 58.7 Å². The Bertz CT molecular complexity index is 766. The molecule has 0 amide bonds. The number of hydrogen-bond donors (Lipinski definition) is 1. The predicted molar refractivity (Wildman–Crippen MR) is 98.0 cm³/mol. The summed E-state index contributed by atoms with van der Waals surface area (Å²) in [5, 5.41) is 8.94. The molecule has 1 fully saturated rings. The van der Waals surface area contributed by atoms with E-state index in [0.29, 0.717) is 0 Å². The van der Waals surface area contributed by atoms with Crippen molar-refractivity contribution in [3.8, 4) is 11.4 Å². The molecule has 3 rings (SSSR count). The molecule has 1 N–H and O–H groups in total. The molecule has 1 aromatic heterocycles. The summed E-state index contributed by atoms with van der Waals surface area (Å²) < 4.78 is 0. The van der Waals surface area contributed by atoms with Gasteiger partial charge in [-0.15, -0.1) is 0 Å². The Morgan fingerprint density at radius 3 is 2.28 bits per heavy atom. The van der Waals surface area contributed by atoms with Crippen molar-refractivity contribution in [1.82, 2.24) is 14.9 Å². The molecule has 2 aromatic rings. The molecule has 25 heavy (non-hydrogen) atoms. The lowest BCUT2D eigenvalue weighted by Crippen LogP contribution is -2.48. The van der Waals surface area contributed by atoms with Gasteiger partial charge in [-0.05, 0) is 20.8 Å². The number of nitrogens with zero attached hydrogens (tertiary/aromatic N) is 4. The first kappa shape index (κ1) is 17.4. The molecule has 1 aliphatic heterocycles. The number of rotatable bonds is 4. The summed E-state index contributed by atoms with van der Waals surface area (Å²) in [6.07, 6.45) is 0. The van der Waals surface area contributed by atoms with E-state index in [0.717, 1.165) is 54.6 Å². The van der Waals surface area contributed by atoms with E-state index in [1.165, 1.54) is 5.56 Å². The smallest absolute Gasteiger partial charge is 0.317 e. The van der Waals surface area contributed by atoms with Crippen LogP contribution >= 0.6 is 0 Å². The summed E-state index contributed by atoms with van der Waals surface area (Å²) in [6.45, 7) is 9.24. The number of aromatic nitrogens is 2. The highest BCUT2D eigenvalue weighted by molar-refractivity contribution is 5.69. The van der Waals surface area contributed by atoms with Crippen LogP contribution in [0, 0.1) is 20.8 Å². The van der Waals surface area contributed by atoms with Crippen molar-refractivity contribution in [2.24, 2.45) is 0 Å². The topological polar surface area (TPSA) is 69.6 Å². The highest BCUT2D eigenvalue weighted by Gasteiger charge is 2.22. The van der Waals surface area contributed by atoms with Gasteiger partial charge in [0.1, 0.15) is 5.82 Å². The van der Waals surface area contributed by atoms with Gasteiger partial charge in [0.05, 0.1) is 6.54 Å². The van der Waals surface area contributed by atoms with Gasteiger partial charge in [0.15, 0.2) is 5.82 Å². The summed E-state index contributed by atoms with van der Waals surface area (Å²) in [5.74, 6) is 0.924. The number of carboxylic acids is 1. The average molecular weight is 340 g/mol. The first-order valence-electron chi connectivity index (χ1n) is 8.55. The predicted octanol–water partition coefficient (Wildman–Crippen LogP) is 2.28. The van der Waals surface area contributed by atoms with E-state index in [9.17, 15) is 4.79 Å². The van der Waals surface area contributed by atoms with Crippen molar-refractivity contribution in [2.75, 3.05) is 37.6 Å². The molecule has 6 heteroatoms. The Kier molecular flexibility index (Phi) is 4.99. The molecule has 0 radical (unpaired) electrons. The highest BCUT2D eigenvalue weighted by atomic mass is 16.4. The van der Waals surface area contributed by atoms with Crippen molar-refractivity contribution in [3.05, 3.63) is 41.1 Å². The van der Waals surface area contributed by atoms with E-state index in [-0.39, 0.29) is 6.54 Å². The maximum absolute atomic E-state index is 10.9. The van der Waals surface area contributed by atoms with Crippen LogP contribution in [0.5, 0.6) is 0 Å². The van der Waals surface area contributed by atoms with Gasteiger partial charge in [0.2, 0.25) is 0 Å². The van der Waals surface area contributed by atoms with Crippen LogP contribution < -0.4 is 4.90 Å². The molecule has 0 saturated carbocycles. The van der Waals surface area contributed by atoms with Gasteiger partial charge < -0.3 is 10.0 Å². The molecule has 0 unspecified atom stereocenters. The number of piperazine rings is 1. The Morgan fingerprint density at radius 1 is 1.04 bits per heavy atom. The van der Waals surface area contributed by atoms with Crippen LogP contribution in [0.2, 0.25) is 0 Å². The minimum atomic E-state index is -0.774. The fourth-order valence-corrected chi connectivity index (χ4v) is 3.06. The second-order valence-electron chi connectivity index (χ2n) is 6.60. The Hall–Kier alpha value is -2.47. The SMILES string of the molecule is Cc1ccc(-c2nc(C)c(C)c(N3CCN(CC(=O)O)CC3)n2)cc1. The molecule has 0 spiro atoms. The second kappa shape index (κ2) is 7.19. The Balaban J connectivity index is 1.84. The zero-order chi connectivity index (χ0) is 18.0. The van der Waals surface area contributed by atoms with E-state index in [1.54, 1.807) is 0 Å². The van der Waals surface area contributed by atoms with E-state index in [1.807, 2.05) is 30.9 Å². The maximum Gasteiger partial charge on any atom is 0.317 e. The zero-order valence-electron chi connectivity index (χ0n) is 15.0. The second-order valence-corrected chi connectivity index (χ2v) is 6.60. The van der Waals surface area contributed by atoms with E-state index >= 15 is 0 Å². The summed E-state index contributed by atoms with van der Waals surface area (Å²) in [4.78, 5) is 24.5. The summed E-state index contributed by atoms with van der Waals surface area (Å²) in [7, 11) is 0. The minimum Gasteiger partial charge on any atom is -0.480 e. The van der Waals surface area contributed by atoms with Gasteiger partial charge in [-0.3, -0.25) is 9.69 Å². The van der Waals surface area contributed by atoms with E-state index < -0.39 is 5.97 Å². The monoisotopic (exact) mass is 340 g/mol. The van der Waals surface area contributed by atoms with Crippen molar-refractivity contribution < 1.29 is 9.90 Å². The molecule has 0 bridgehead atoms. The van der Waals surface area contributed by atoms with Crippen LogP contribution in [-0.2, 0) is 4.79 Å². The van der Waals surface area contributed by atoms with E-state index in [2.05, 4.69) is 28.9 Å².